The van der Waals surface area contributed by atoms with Crippen LogP contribution in [0.2, 0.25) is 0 Å². The fourth-order valence-electron chi connectivity index (χ4n) is 10.9. The van der Waals surface area contributed by atoms with Gasteiger partial charge in [-0.3, -0.25) is 9.59 Å². The van der Waals surface area contributed by atoms with Crippen LogP contribution < -0.4 is 0 Å². The molecule has 1 unspecified atom stereocenters. The Morgan fingerprint density at radius 1 is 1.00 bits per heavy atom. The SMILES string of the molecule is C[C@H]1[C@H](C)CCC23CC[C@@]4(C)[C@]5(C)CC[C@H]6C(C)(C)C(=O)C(C#N)=C[C@]6(C)C5=CC(=O)[C@]4(OC2)[C@H]13. The van der Waals surface area contributed by atoms with Crippen LogP contribution in [0.5, 0.6) is 0 Å². The molecule has 0 aromatic heterocycles. The molecule has 0 N–H and O–H groups in total. The van der Waals surface area contributed by atoms with Gasteiger partial charge in [-0.2, -0.15) is 5.26 Å². The molecule has 35 heavy (non-hydrogen) atoms. The second-order valence-corrected chi connectivity index (χ2v) is 14.4. The van der Waals surface area contributed by atoms with Gasteiger partial charge in [-0.05, 0) is 73.3 Å². The summed E-state index contributed by atoms with van der Waals surface area (Å²) >= 11 is 0. The highest BCUT2D eigenvalue weighted by atomic mass is 16.5. The molecule has 0 aromatic carbocycles. The Kier molecular flexibility index (Phi) is 4.44. The molecule has 3 saturated carbocycles. The van der Waals surface area contributed by atoms with Crippen LogP contribution in [-0.4, -0.2) is 23.8 Å². The van der Waals surface area contributed by atoms with Gasteiger partial charge in [0, 0.05) is 27.6 Å². The molecule has 6 aliphatic rings. The molecular weight excluding hydrogens is 434 g/mol. The number of carbonyl (C=O) groups excluding carboxylic acids is 2. The molecular formula is C31H41NO3. The van der Waals surface area contributed by atoms with Gasteiger partial charge < -0.3 is 4.74 Å². The summed E-state index contributed by atoms with van der Waals surface area (Å²) in [5.74, 6) is 1.49. The normalized spacial score (nSPS) is 53.9. The first kappa shape index (κ1) is 23.7. The van der Waals surface area contributed by atoms with Gasteiger partial charge >= 0.3 is 0 Å². The number of nitrogens with zero attached hydrogens (tertiary/aromatic N) is 1. The lowest BCUT2D eigenvalue weighted by Gasteiger charge is -2.70. The summed E-state index contributed by atoms with van der Waals surface area (Å²) < 4.78 is 6.91. The Bertz CT molecular complexity index is 1160. The van der Waals surface area contributed by atoms with Crippen LogP contribution in [0.1, 0.15) is 87.0 Å². The fourth-order valence-corrected chi connectivity index (χ4v) is 10.9. The molecule has 9 atom stereocenters. The van der Waals surface area contributed by atoms with E-state index < -0.39 is 16.4 Å². The minimum Gasteiger partial charge on any atom is -0.365 e. The van der Waals surface area contributed by atoms with E-state index in [4.69, 9.17) is 4.74 Å². The van der Waals surface area contributed by atoms with E-state index in [9.17, 15) is 14.9 Å². The number of hydrogen-bond donors (Lipinski definition) is 0. The number of allylic oxidation sites excluding steroid dienone is 3. The molecule has 0 amide bonds. The largest absolute Gasteiger partial charge is 0.365 e. The van der Waals surface area contributed by atoms with Gasteiger partial charge in [-0.1, -0.05) is 54.5 Å². The van der Waals surface area contributed by atoms with Gasteiger partial charge in [0.1, 0.15) is 11.7 Å². The van der Waals surface area contributed by atoms with Crippen molar-refractivity contribution >= 4 is 11.6 Å². The topological polar surface area (TPSA) is 67.2 Å². The minimum atomic E-state index is -0.761. The quantitative estimate of drug-likeness (QED) is 0.417. The number of ether oxygens (including phenoxy) is 1. The molecule has 5 aliphatic carbocycles. The van der Waals surface area contributed by atoms with Crippen molar-refractivity contribution in [1.29, 1.82) is 5.26 Å². The van der Waals surface area contributed by atoms with E-state index in [0.717, 1.165) is 37.9 Å². The van der Waals surface area contributed by atoms with E-state index in [-0.39, 0.29) is 45.2 Å². The molecule has 4 nitrogen and oxygen atoms in total. The molecule has 6 rings (SSSR count). The molecule has 0 radical (unpaired) electrons. The third kappa shape index (κ3) is 2.30. The third-order valence-electron chi connectivity index (χ3n) is 13.1. The molecule has 2 bridgehead atoms. The minimum absolute atomic E-state index is 0.0527. The van der Waals surface area contributed by atoms with Crippen molar-refractivity contribution in [2.75, 3.05) is 6.61 Å². The first-order valence-electron chi connectivity index (χ1n) is 13.8. The molecule has 188 valence electrons. The molecule has 4 heteroatoms. The molecule has 4 fully saturated rings. The Labute approximate surface area is 210 Å². The van der Waals surface area contributed by atoms with Crippen molar-refractivity contribution in [1.82, 2.24) is 0 Å². The average molecular weight is 476 g/mol. The summed E-state index contributed by atoms with van der Waals surface area (Å²) in [6.07, 6.45) is 10.3. The van der Waals surface area contributed by atoms with E-state index in [2.05, 4.69) is 40.7 Å². The van der Waals surface area contributed by atoms with Crippen LogP contribution in [-0.2, 0) is 14.3 Å². The zero-order valence-electron chi connectivity index (χ0n) is 22.6. The lowest BCUT2D eigenvalue weighted by atomic mass is 9.33. The molecule has 1 aliphatic heterocycles. The van der Waals surface area contributed by atoms with Gasteiger partial charge in [-0.15, -0.1) is 0 Å². The van der Waals surface area contributed by atoms with Crippen molar-refractivity contribution in [3.8, 4) is 6.07 Å². The number of nitriles is 1. The van der Waals surface area contributed by atoms with Crippen molar-refractivity contribution < 1.29 is 14.3 Å². The maximum absolute atomic E-state index is 14.6. The van der Waals surface area contributed by atoms with E-state index >= 15 is 0 Å². The van der Waals surface area contributed by atoms with E-state index in [1.54, 1.807) is 0 Å². The second kappa shape index (κ2) is 6.58. The Balaban J connectivity index is 1.59. The van der Waals surface area contributed by atoms with Gasteiger partial charge in [-0.25, -0.2) is 0 Å². The summed E-state index contributed by atoms with van der Waals surface area (Å²) in [6.45, 7) is 16.4. The van der Waals surface area contributed by atoms with Crippen LogP contribution in [0, 0.1) is 62.1 Å². The van der Waals surface area contributed by atoms with Crippen LogP contribution >= 0.6 is 0 Å². The standard InChI is InChI=1S/C31H41NO3/c1-18-8-11-30-13-12-29(7)28(6)10-9-21-26(3,4)25(34)20(16-32)15-27(21,5)22(28)14-23(33)31(29,35-17-30)24(30)19(18)2/h14-15,18-19,21,24H,8-13,17H2,1-7H3/t18-,19+,21+,24-,27+,28-,29+,30?,31+/m1/s1. The van der Waals surface area contributed by atoms with Crippen molar-refractivity contribution in [3.05, 3.63) is 23.3 Å². The number of fused-ring (bicyclic) bond motifs is 4. The van der Waals surface area contributed by atoms with Gasteiger partial charge in [0.2, 0.25) is 0 Å². The van der Waals surface area contributed by atoms with Gasteiger partial charge in [0.05, 0.1) is 12.2 Å². The Morgan fingerprint density at radius 3 is 2.40 bits per heavy atom. The highest BCUT2D eigenvalue weighted by Gasteiger charge is 2.79. The monoisotopic (exact) mass is 475 g/mol. The van der Waals surface area contributed by atoms with Crippen LogP contribution in [0.15, 0.2) is 23.3 Å². The summed E-state index contributed by atoms with van der Waals surface area (Å²) in [5, 5.41) is 9.87. The third-order valence-corrected chi connectivity index (χ3v) is 13.1. The predicted octanol–water partition coefficient (Wildman–Crippen LogP) is 6.21. The predicted molar refractivity (Wildman–Crippen MR) is 134 cm³/mol. The van der Waals surface area contributed by atoms with E-state index in [1.807, 2.05) is 26.0 Å². The maximum atomic E-state index is 14.6. The second-order valence-electron chi connectivity index (χ2n) is 14.4. The lowest BCUT2D eigenvalue weighted by Crippen LogP contribution is -2.72. The highest BCUT2D eigenvalue weighted by Crippen LogP contribution is 2.78. The molecule has 1 saturated heterocycles. The van der Waals surface area contributed by atoms with Crippen LogP contribution in [0.3, 0.4) is 0 Å². The Morgan fingerprint density at radius 2 is 1.71 bits per heavy atom. The fraction of sp³-hybridized carbons (Fsp3) is 0.774. The van der Waals surface area contributed by atoms with E-state index in [0.29, 0.717) is 11.8 Å². The zero-order valence-corrected chi connectivity index (χ0v) is 22.6. The summed E-state index contributed by atoms with van der Waals surface area (Å²) in [7, 11) is 0. The van der Waals surface area contributed by atoms with Gasteiger partial charge in [0.15, 0.2) is 11.6 Å². The summed E-state index contributed by atoms with van der Waals surface area (Å²) in [5.41, 5.74) is -0.880. The van der Waals surface area contributed by atoms with Crippen LogP contribution in [0.4, 0.5) is 0 Å². The highest BCUT2D eigenvalue weighted by molar-refractivity contribution is 6.05. The number of ketones is 2. The molecule has 1 spiro atoms. The number of hydrogen-bond acceptors (Lipinski definition) is 4. The van der Waals surface area contributed by atoms with Crippen molar-refractivity contribution in [2.45, 2.75) is 92.6 Å². The van der Waals surface area contributed by atoms with Crippen molar-refractivity contribution in [2.24, 2.45) is 50.7 Å². The zero-order chi connectivity index (χ0) is 25.4. The smallest absolute Gasteiger partial charge is 0.188 e. The summed E-state index contributed by atoms with van der Waals surface area (Å²) in [6, 6.07) is 2.20. The molecule has 0 aromatic rings. The number of rotatable bonds is 0. The number of carbonyl (C=O) groups is 2. The lowest BCUT2D eigenvalue weighted by molar-refractivity contribution is -0.210. The Hall–Kier alpha value is -1.73. The average Bonchev–Trinajstić information content (AvgIpc) is 3.09. The van der Waals surface area contributed by atoms with E-state index in [1.165, 1.54) is 12.8 Å². The summed E-state index contributed by atoms with van der Waals surface area (Å²) in [4.78, 5) is 27.8. The van der Waals surface area contributed by atoms with Crippen LogP contribution in [0.25, 0.3) is 0 Å². The van der Waals surface area contributed by atoms with Gasteiger partial charge in [0.25, 0.3) is 0 Å². The molecule has 1 heterocycles. The number of Topliss-reactive ketones (excluding diaryl/α,β-unsaturated/α-hetero) is 1. The van der Waals surface area contributed by atoms with Crippen molar-refractivity contribution in [3.63, 3.8) is 0 Å². The first-order valence-corrected chi connectivity index (χ1v) is 13.8. The maximum Gasteiger partial charge on any atom is 0.188 e. The first-order chi connectivity index (χ1) is 16.3.